The number of aromatic nitrogens is 1. The van der Waals surface area contributed by atoms with Crippen LogP contribution in [-0.2, 0) is 5.41 Å². The SMILES string of the molecule is C(=Nc1ccc(C23CC4CC(CC(C4)C2)C3)cc1)c1cccnc1. The highest BCUT2D eigenvalue weighted by Gasteiger charge is 2.51. The third-order valence-corrected chi connectivity index (χ3v) is 6.57. The van der Waals surface area contributed by atoms with Gasteiger partial charge in [-0.15, -0.1) is 0 Å². The Balaban J connectivity index is 1.38. The van der Waals surface area contributed by atoms with Crippen LogP contribution >= 0.6 is 0 Å². The molecule has 2 aromatic rings. The topological polar surface area (TPSA) is 25.2 Å². The summed E-state index contributed by atoms with van der Waals surface area (Å²) in [4.78, 5) is 8.72. The first-order chi connectivity index (χ1) is 11.8. The molecule has 0 radical (unpaired) electrons. The van der Waals surface area contributed by atoms with Crippen LogP contribution in [-0.4, -0.2) is 11.2 Å². The molecular weight excluding hydrogens is 292 g/mol. The van der Waals surface area contributed by atoms with Gasteiger partial charge in [0, 0.05) is 24.2 Å². The summed E-state index contributed by atoms with van der Waals surface area (Å²) in [7, 11) is 0. The van der Waals surface area contributed by atoms with Crippen molar-refractivity contribution in [2.75, 3.05) is 0 Å². The van der Waals surface area contributed by atoms with E-state index in [1.54, 1.807) is 11.8 Å². The zero-order chi connectivity index (χ0) is 16.0. The Labute approximate surface area is 144 Å². The second-order valence-corrected chi connectivity index (χ2v) is 8.29. The Kier molecular flexibility index (Phi) is 3.32. The highest BCUT2D eigenvalue weighted by Crippen LogP contribution is 2.60. The van der Waals surface area contributed by atoms with Crippen LogP contribution < -0.4 is 0 Å². The van der Waals surface area contributed by atoms with Crippen molar-refractivity contribution in [3.05, 3.63) is 59.9 Å². The Morgan fingerprint density at radius 3 is 2.17 bits per heavy atom. The molecule has 0 saturated heterocycles. The van der Waals surface area contributed by atoms with Crippen molar-refractivity contribution in [3.63, 3.8) is 0 Å². The molecule has 2 heteroatoms. The van der Waals surface area contributed by atoms with E-state index in [-0.39, 0.29) is 0 Å². The van der Waals surface area contributed by atoms with Crippen molar-refractivity contribution < 1.29 is 0 Å². The first-order valence-electron chi connectivity index (χ1n) is 9.34. The Morgan fingerprint density at radius 1 is 0.917 bits per heavy atom. The molecule has 4 saturated carbocycles. The van der Waals surface area contributed by atoms with Crippen LogP contribution in [0.3, 0.4) is 0 Å². The van der Waals surface area contributed by atoms with Gasteiger partial charge in [0.2, 0.25) is 0 Å². The number of rotatable bonds is 3. The number of benzene rings is 1. The van der Waals surface area contributed by atoms with E-state index in [4.69, 9.17) is 0 Å². The largest absolute Gasteiger partial charge is 0.264 e. The molecule has 1 heterocycles. The lowest BCUT2D eigenvalue weighted by molar-refractivity contribution is -0.00518. The second-order valence-electron chi connectivity index (χ2n) is 8.29. The average Bonchev–Trinajstić information content (AvgIpc) is 2.60. The van der Waals surface area contributed by atoms with Crippen molar-refractivity contribution in [1.29, 1.82) is 0 Å². The predicted octanol–water partition coefficient (Wildman–Crippen LogP) is 5.30. The highest BCUT2D eigenvalue weighted by atomic mass is 14.7. The molecule has 122 valence electrons. The number of hydrogen-bond acceptors (Lipinski definition) is 2. The van der Waals surface area contributed by atoms with Crippen molar-refractivity contribution >= 4 is 11.9 Å². The van der Waals surface area contributed by atoms with Gasteiger partial charge in [0.25, 0.3) is 0 Å². The molecule has 4 bridgehead atoms. The number of hydrogen-bond donors (Lipinski definition) is 0. The molecule has 0 spiro atoms. The van der Waals surface area contributed by atoms with Crippen LogP contribution in [0.5, 0.6) is 0 Å². The third-order valence-electron chi connectivity index (χ3n) is 6.57. The normalized spacial score (nSPS) is 34.1. The molecule has 0 N–H and O–H groups in total. The van der Waals surface area contributed by atoms with Gasteiger partial charge in [-0.05, 0) is 85.5 Å². The second kappa shape index (κ2) is 5.54. The summed E-state index contributed by atoms with van der Waals surface area (Å²) in [6, 6.07) is 13.1. The molecule has 0 aliphatic heterocycles. The van der Waals surface area contributed by atoms with Crippen molar-refractivity contribution in [3.8, 4) is 0 Å². The summed E-state index contributed by atoms with van der Waals surface area (Å²) in [5.74, 6) is 3.00. The molecule has 4 fully saturated rings. The Morgan fingerprint density at radius 2 is 1.58 bits per heavy atom. The lowest BCUT2D eigenvalue weighted by Crippen LogP contribution is -2.48. The van der Waals surface area contributed by atoms with Crippen LogP contribution in [0.15, 0.2) is 53.8 Å². The lowest BCUT2D eigenvalue weighted by Gasteiger charge is -2.57. The van der Waals surface area contributed by atoms with Crippen LogP contribution in [0.25, 0.3) is 0 Å². The maximum atomic E-state index is 4.60. The molecule has 2 nitrogen and oxygen atoms in total. The molecule has 0 amide bonds. The molecular formula is C22H24N2. The minimum atomic E-state index is 0.486. The molecule has 1 aromatic carbocycles. The van der Waals surface area contributed by atoms with E-state index in [0.29, 0.717) is 5.41 Å². The van der Waals surface area contributed by atoms with Crippen LogP contribution in [0.4, 0.5) is 5.69 Å². The van der Waals surface area contributed by atoms with Gasteiger partial charge in [-0.1, -0.05) is 18.2 Å². The van der Waals surface area contributed by atoms with E-state index in [2.05, 4.69) is 34.2 Å². The maximum absolute atomic E-state index is 4.60. The molecule has 4 aliphatic rings. The number of pyridine rings is 1. The summed E-state index contributed by atoms with van der Waals surface area (Å²) >= 11 is 0. The smallest absolute Gasteiger partial charge is 0.0630 e. The van der Waals surface area contributed by atoms with E-state index in [9.17, 15) is 0 Å². The lowest BCUT2D eigenvalue weighted by atomic mass is 9.48. The van der Waals surface area contributed by atoms with E-state index >= 15 is 0 Å². The Bertz CT molecular complexity index is 710. The average molecular weight is 316 g/mol. The molecule has 6 rings (SSSR count). The van der Waals surface area contributed by atoms with E-state index in [0.717, 1.165) is 29.0 Å². The molecule has 0 atom stereocenters. The van der Waals surface area contributed by atoms with Gasteiger partial charge in [0.15, 0.2) is 0 Å². The van der Waals surface area contributed by atoms with Crippen LogP contribution in [0, 0.1) is 17.8 Å². The van der Waals surface area contributed by atoms with E-state index in [1.807, 2.05) is 24.5 Å². The summed E-state index contributed by atoms with van der Waals surface area (Å²) in [5, 5.41) is 0. The maximum Gasteiger partial charge on any atom is 0.0630 e. The summed E-state index contributed by atoms with van der Waals surface area (Å²) in [6.07, 6.45) is 14.3. The van der Waals surface area contributed by atoms with Crippen molar-refractivity contribution in [1.82, 2.24) is 4.98 Å². The molecule has 4 aliphatic carbocycles. The third kappa shape index (κ3) is 2.49. The summed E-state index contributed by atoms with van der Waals surface area (Å²) < 4.78 is 0. The van der Waals surface area contributed by atoms with Gasteiger partial charge in [-0.25, -0.2) is 0 Å². The van der Waals surface area contributed by atoms with Gasteiger partial charge in [-0.3, -0.25) is 9.98 Å². The van der Waals surface area contributed by atoms with Crippen LogP contribution in [0.1, 0.15) is 49.7 Å². The summed E-state index contributed by atoms with van der Waals surface area (Å²) in [5.41, 5.74) is 4.14. The van der Waals surface area contributed by atoms with E-state index < -0.39 is 0 Å². The van der Waals surface area contributed by atoms with Gasteiger partial charge < -0.3 is 0 Å². The minimum Gasteiger partial charge on any atom is -0.264 e. The first-order valence-corrected chi connectivity index (χ1v) is 9.34. The quantitative estimate of drug-likeness (QED) is 0.705. The standard InChI is InChI=1S/C22H24N2/c1-2-16(14-23-7-1)15-24-21-5-3-20(4-6-21)22-11-17-8-18(12-22)10-19(9-17)13-22/h1-7,14-15,17-19H,8-13H2. The molecule has 24 heavy (non-hydrogen) atoms. The number of aliphatic imine (C=N–C) groups is 1. The fourth-order valence-electron chi connectivity index (χ4n) is 5.97. The van der Waals surface area contributed by atoms with Gasteiger partial charge >= 0.3 is 0 Å². The zero-order valence-electron chi connectivity index (χ0n) is 14.1. The Hall–Kier alpha value is -1.96. The van der Waals surface area contributed by atoms with Crippen LogP contribution in [0.2, 0.25) is 0 Å². The fourth-order valence-corrected chi connectivity index (χ4v) is 5.97. The predicted molar refractivity (Wildman–Crippen MR) is 97.8 cm³/mol. The summed E-state index contributed by atoms with van der Waals surface area (Å²) in [6.45, 7) is 0. The van der Waals surface area contributed by atoms with E-state index in [1.165, 1.54) is 38.5 Å². The van der Waals surface area contributed by atoms with Gasteiger partial charge in [0.05, 0.1) is 5.69 Å². The van der Waals surface area contributed by atoms with Crippen molar-refractivity contribution in [2.45, 2.75) is 43.9 Å². The minimum absolute atomic E-state index is 0.486. The zero-order valence-corrected chi connectivity index (χ0v) is 14.1. The number of nitrogens with zero attached hydrogens (tertiary/aromatic N) is 2. The highest BCUT2D eigenvalue weighted by molar-refractivity contribution is 5.81. The molecule has 1 aromatic heterocycles. The molecule has 0 unspecified atom stereocenters. The monoisotopic (exact) mass is 316 g/mol. The van der Waals surface area contributed by atoms with Crippen molar-refractivity contribution in [2.24, 2.45) is 22.7 Å². The first kappa shape index (κ1) is 14.4. The fraction of sp³-hybridized carbons (Fsp3) is 0.455. The van der Waals surface area contributed by atoms with Gasteiger partial charge in [0.1, 0.15) is 0 Å². The van der Waals surface area contributed by atoms with Gasteiger partial charge in [-0.2, -0.15) is 0 Å².